The van der Waals surface area contributed by atoms with Gasteiger partial charge in [0.2, 0.25) is 5.91 Å². The van der Waals surface area contributed by atoms with Gasteiger partial charge in [0.15, 0.2) is 11.8 Å². The summed E-state index contributed by atoms with van der Waals surface area (Å²) in [6.45, 7) is 7.68. The number of guanidine groups is 1. The molecule has 0 bridgehead atoms. The van der Waals surface area contributed by atoms with E-state index in [-0.39, 0.29) is 42.0 Å². The molecule has 1 amide bonds. The van der Waals surface area contributed by atoms with Crippen LogP contribution in [0.4, 0.5) is 0 Å². The Balaban J connectivity index is 0.00000320. The topological polar surface area (TPSA) is 87.4 Å². The summed E-state index contributed by atoms with van der Waals surface area (Å²) in [7, 11) is 1.95. The lowest BCUT2D eigenvalue weighted by Crippen LogP contribution is -2.49. The summed E-state index contributed by atoms with van der Waals surface area (Å²) in [4.78, 5) is 18.3. The van der Waals surface area contributed by atoms with Crippen molar-refractivity contribution in [3.63, 3.8) is 0 Å². The molecule has 2 aromatic rings. The molecule has 2 heterocycles. The van der Waals surface area contributed by atoms with Gasteiger partial charge in [0.1, 0.15) is 12.4 Å². The number of benzene rings is 1. The number of nitrogens with one attached hydrogen (secondary N) is 2. The number of nitrogens with zero attached hydrogens (tertiary/aromatic N) is 5. The Morgan fingerprint density at radius 3 is 2.47 bits per heavy atom. The molecule has 1 atom stereocenters. The molecule has 164 valence electrons. The highest BCUT2D eigenvalue weighted by atomic mass is 127. The van der Waals surface area contributed by atoms with Crippen LogP contribution >= 0.6 is 24.0 Å². The first kappa shape index (κ1) is 24.1. The number of aryl methyl sites for hydroxylation is 1. The van der Waals surface area contributed by atoms with Crippen molar-refractivity contribution < 1.29 is 4.79 Å². The fourth-order valence-electron chi connectivity index (χ4n) is 3.43. The monoisotopic (exact) mass is 525 g/mol. The minimum Gasteiger partial charge on any atom is -0.354 e. The zero-order valence-electron chi connectivity index (χ0n) is 18.1. The standard InChI is InChI=1S/C21H31N7O.HI/c1-15(18-8-6-5-7-9-18)23-21(22-14-20-26-25-16(2)27(20)4)24-19-10-12-28(13-11-19)17(3)29;/h5-9,15,19H,10-14H2,1-4H3,(H2,22,23,24);1H. The molecule has 1 fully saturated rings. The lowest BCUT2D eigenvalue weighted by Gasteiger charge is -2.33. The molecule has 0 spiro atoms. The third-order valence-electron chi connectivity index (χ3n) is 5.50. The molecule has 9 heteroatoms. The lowest BCUT2D eigenvalue weighted by atomic mass is 10.1. The van der Waals surface area contributed by atoms with Crippen LogP contribution in [0.1, 0.15) is 49.9 Å². The summed E-state index contributed by atoms with van der Waals surface area (Å²) >= 11 is 0. The highest BCUT2D eigenvalue weighted by Crippen LogP contribution is 2.13. The minimum atomic E-state index is 0. The number of halogens is 1. The first-order valence-corrected chi connectivity index (χ1v) is 10.2. The Morgan fingerprint density at radius 1 is 1.23 bits per heavy atom. The van der Waals surface area contributed by atoms with Crippen molar-refractivity contribution in [1.82, 2.24) is 30.3 Å². The van der Waals surface area contributed by atoms with Gasteiger partial charge in [-0.25, -0.2) is 4.99 Å². The van der Waals surface area contributed by atoms with Crippen molar-refractivity contribution in [3.8, 4) is 0 Å². The van der Waals surface area contributed by atoms with Crippen LogP contribution < -0.4 is 10.6 Å². The van der Waals surface area contributed by atoms with E-state index in [9.17, 15) is 4.79 Å². The molecule has 1 aromatic carbocycles. The van der Waals surface area contributed by atoms with Crippen LogP contribution in [0.5, 0.6) is 0 Å². The van der Waals surface area contributed by atoms with Crippen molar-refractivity contribution >= 4 is 35.8 Å². The normalized spacial score (nSPS) is 16.0. The summed E-state index contributed by atoms with van der Waals surface area (Å²) in [5, 5.41) is 15.4. The van der Waals surface area contributed by atoms with E-state index < -0.39 is 0 Å². The van der Waals surface area contributed by atoms with Crippen molar-refractivity contribution in [3.05, 3.63) is 47.5 Å². The number of aromatic nitrogens is 3. The van der Waals surface area contributed by atoms with E-state index in [1.165, 1.54) is 5.56 Å². The first-order valence-electron chi connectivity index (χ1n) is 10.2. The van der Waals surface area contributed by atoms with Crippen LogP contribution in [-0.2, 0) is 18.4 Å². The maximum atomic E-state index is 11.6. The summed E-state index contributed by atoms with van der Waals surface area (Å²) in [6.07, 6.45) is 1.81. The molecule has 3 rings (SSSR count). The van der Waals surface area contributed by atoms with E-state index >= 15 is 0 Å². The Kier molecular flexibility index (Phi) is 9.07. The van der Waals surface area contributed by atoms with Crippen molar-refractivity contribution in [2.75, 3.05) is 13.1 Å². The second-order valence-corrected chi connectivity index (χ2v) is 7.59. The quantitative estimate of drug-likeness (QED) is 0.356. The fraction of sp³-hybridized carbons (Fsp3) is 0.524. The number of hydrogen-bond acceptors (Lipinski definition) is 4. The molecule has 1 saturated heterocycles. The van der Waals surface area contributed by atoms with E-state index in [1.54, 1.807) is 6.92 Å². The van der Waals surface area contributed by atoms with Crippen LogP contribution in [0.2, 0.25) is 0 Å². The molecule has 8 nitrogen and oxygen atoms in total. The van der Waals surface area contributed by atoms with Crippen LogP contribution in [0.15, 0.2) is 35.3 Å². The molecule has 1 aromatic heterocycles. The van der Waals surface area contributed by atoms with E-state index in [4.69, 9.17) is 4.99 Å². The number of rotatable bonds is 5. The second kappa shape index (κ2) is 11.3. The van der Waals surface area contributed by atoms with Gasteiger partial charge in [-0.1, -0.05) is 30.3 Å². The zero-order valence-corrected chi connectivity index (χ0v) is 20.5. The van der Waals surface area contributed by atoms with Gasteiger partial charge in [-0.3, -0.25) is 4.79 Å². The molecule has 1 aliphatic heterocycles. The van der Waals surface area contributed by atoms with Crippen molar-refractivity contribution in [2.45, 2.75) is 52.2 Å². The Morgan fingerprint density at radius 2 is 1.90 bits per heavy atom. The highest BCUT2D eigenvalue weighted by Gasteiger charge is 2.22. The summed E-state index contributed by atoms with van der Waals surface area (Å²) < 4.78 is 1.95. The third kappa shape index (κ3) is 6.41. The Hall–Kier alpha value is -2.17. The van der Waals surface area contributed by atoms with E-state index in [0.717, 1.165) is 43.5 Å². The van der Waals surface area contributed by atoms with Gasteiger partial charge >= 0.3 is 0 Å². The number of carbonyl (C=O) groups excluding carboxylic acids is 1. The molecule has 0 aliphatic carbocycles. The van der Waals surface area contributed by atoms with E-state index in [1.807, 2.05) is 41.6 Å². The van der Waals surface area contributed by atoms with Gasteiger partial charge in [0, 0.05) is 33.1 Å². The van der Waals surface area contributed by atoms with Crippen molar-refractivity contribution in [2.24, 2.45) is 12.0 Å². The Bertz CT molecular complexity index is 844. The fourth-order valence-corrected chi connectivity index (χ4v) is 3.43. The summed E-state index contributed by atoms with van der Waals surface area (Å²) in [6, 6.07) is 10.7. The number of amides is 1. The van der Waals surface area contributed by atoms with Gasteiger partial charge in [0.05, 0.1) is 6.04 Å². The average molecular weight is 525 g/mol. The minimum absolute atomic E-state index is 0. The molecule has 0 saturated carbocycles. The zero-order chi connectivity index (χ0) is 20.8. The third-order valence-corrected chi connectivity index (χ3v) is 5.50. The van der Waals surface area contributed by atoms with E-state index in [2.05, 4.69) is 39.9 Å². The molecule has 2 N–H and O–H groups in total. The number of hydrogen-bond donors (Lipinski definition) is 2. The maximum absolute atomic E-state index is 11.6. The van der Waals surface area contributed by atoms with Crippen LogP contribution in [0.3, 0.4) is 0 Å². The van der Waals surface area contributed by atoms with Crippen LogP contribution in [-0.4, -0.2) is 50.7 Å². The van der Waals surface area contributed by atoms with Gasteiger partial charge in [-0.05, 0) is 32.3 Å². The lowest BCUT2D eigenvalue weighted by molar-refractivity contribution is -0.129. The number of aliphatic imine (C=N–C) groups is 1. The smallest absolute Gasteiger partial charge is 0.219 e. The molecule has 1 aliphatic rings. The number of carbonyl (C=O) groups is 1. The summed E-state index contributed by atoms with van der Waals surface area (Å²) in [5.41, 5.74) is 1.20. The summed E-state index contributed by atoms with van der Waals surface area (Å²) in [5.74, 6) is 2.59. The van der Waals surface area contributed by atoms with Crippen LogP contribution in [0, 0.1) is 6.92 Å². The average Bonchev–Trinajstić information content (AvgIpc) is 3.05. The number of likely N-dealkylation sites (tertiary alicyclic amines) is 1. The largest absolute Gasteiger partial charge is 0.354 e. The SMILES string of the molecule is CC(=O)N1CCC(NC(=NCc2nnc(C)n2C)NC(C)c2ccccc2)CC1.I. The predicted molar refractivity (Wildman–Crippen MR) is 129 cm³/mol. The van der Waals surface area contributed by atoms with Gasteiger partial charge in [-0.2, -0.15) is 0 Å². The predicted octanol–water partition coefficient (Wildman–Crippen LogP) is 2.55. The van der Waals surface area contributed by atoms with Gasteiger partial charge in [-0.15, -0.1) is 34.2 Å². The Labute approximate surface area is 195 Å². The first-order chi connectivity index (χ1) is 13.9. The molecule has 1 unspecified atom stereocenters. The van der Waals surface area contributed by atoms with Gasteiger partial charge in [0.25, 0.3) is 0 Å². The van der Waals surface area contributed by atoms with Crippen molar-refractivity contribution in [1.29, 1.82) is 0 Å². The number of piperidine rings is 1. The highest BCUT2D eigenvalue weighted by molar-refractivity contribution is 14.0. The second-order valence-electron chi connectivity index (χ2n) is 7.59. The van der Waals surface area contributed by atoms with Gasteiger partial charge < -0.3 is 20.1 Å². The molecular formula is C21H32IN7O. The molecule has 0 radical (unpaired) electrons. The maximum Gasteiger partial charge on any atom is 0.219 e. The van der Waals surface area contributed by atoms with E-state index in [0.29, 0.717) is 6.54 Å². The molecule has 30 heavy (non-hydrogen) atoms. The molecular weight excluding hydrogens is 493 g/mol. The van der Waals surface area contributed by atoms with Crippen LogP contribution in [0.25, 0.3) is 0 Å².